The molecule has 1 aliphatic rings. The molecule has 24 heavy (non-hydrogen) atoms. The largest absolute Gasteiger partial charge is 0.356 e. The summed E-state index contributed by atoms with van der Waals surface area (Å²) in [7, 11) is 0. The Balaban J connectivity index is 1.78. The molecule has 0 bridgehead atoms. The summed E-state index contributed by atoms with van der Waals surface area (Å²) in [4.78, 5) is 4.93. The van der Waals surface area contributed by atoms with Gasteiger partial charge in [0.1, 0.15) is 6.04 Å². The van der Waals surface area contributed by atoms with Crippen molar-refractivity contribution >= 4 is 5.96 Å². The number of rotatable bonds is 4. The van der Waals surface area contributed by atoms with Crippen LogP contribution in [0.3, 0.4) is 0 Å². The second-order valence-electron chi connectivity index (χ2n) is 7.60. The first-order chi connectivity index (χ1) is 11.5. The van der Waals surface area contributed by atoms with Crippen LogP contribution in [0.4, 0.5) is 0 Å². The molecule has 2 atom stereocenters. The lowest BCUT2D eigenvalue weighted by Gasteiger charge is -2.20. The minimum atomic E-state index is 0.103. The molecular formula is C21H27N3. The topological polar surface area (TPSA) is 36.4 Å². The van der Waals surface area contributed by atoms with E-state index in [1.54, 1.807) is 0 Å². The molecule has 0 unspecified atom stereocenters. The van der Waals surface area contributed by atoms with Gasteiger partial charge in [0, 0.05) is 6.54 Å². The predicted octanol–water partition coefficient (Wildman–Crippen LogP) is 4.45. The minimum absolute atomic E-state index is 0.103. The van der Waals surface area contributed by atoms with Crippen molar-refractivity contribution in [1.82, 2.24) is 10.6 Å². The summed E-state index contributed by atoms with van der Waals surface area (Å²) in [5, 5.41) is 7.06. The van der Waals surface area contributed by atoms with Gasteiger partial charge >= 0.3 is 0 Å². The lowest BCUT2D eigenvalue weighted by Crippen LogP contribution is -2.37. The summed E-state index contributed by atoms with van der Waals surface area (Å²) < 4.78 is 0. The van der Waals surface area contributed by atoms with Crippen LogP contribution in [0.5, 0.6) is 0 Å². The van der Waals surface area contributed by atoms with E-state index in [0.717, 1.165) is 18.9 Å². The quantitative estimate of drug-likeness (QED) is 0.872. The maximum absolute atomic E-state index is 4.93. The summed E-state index contributed by atoms with van der Waals surface area (Å²) in [6.45, 7) is 7.71. The monoisotopic (exact) mass is 321 g/mol. The fourth-order valence-electron chi connectivity index (χ4n) is 2.97. The fourth-order valence-corrected chi connectivity index (χ4v) is 2.97. The molecule has 0 saturated carbocycles. The Morgan fingerprint density at radius 2 is 1.50 bits per heavy atom. The SMILES string of the molecule is CC(C)(C)CCNC1=N[C@H](c2ccccc2)[C@@H](c2ccccc2)N1. The average Bonchev–Trinajstić information content (AvgIpc) is 2.99. The Labute approximate surface area is 145 Å². The molecule has 1 heterocycles. The molecule has 3 nitrogen and oxygen atoms in total. The van der Waals surface area contributed by atoms with Gasteiger partial charge in [-0.2, -0.15) is 0 Å². The van der Waals surface area contributed by atoms with Crippen LogP contribution in [0.25, 0.3) is 0 Å². The van der Waals surface area contributed by atoms with Gasteiger partial charge in [0.2, 0.25) is 0 Å². The summed E-state index contributed by atoms with van der Waals surface area (Å²) in [5.41, 5.74) is 2.83. The molecule has 0 radical (unpaired) electrons. The highest BCUT2D eigenvalue weighted by Gasteiger charge is 2.31. The highest BCUT2D eigenvalue weighted by atomic mass is 15.3. The van der Waals surface area contributed by atoms with E-state index in [1.807, 2.05) is 0 Å². The van der Waals surface area contributed by atoms with Gasteiger partial charge < -0.3 is 10.6 Å². The van der Waals surface area contributed by atoms with Gasteiger partial charge in [-0.15, -0.1) is 0 Å². The molecule has 3 heteroatoms. The van der Waals surface area contributed by atoms with E-state index in [2.05, 4.69) is 92.1 Å². The minimum Gasteiger partial charge on any atom is -0.356 e. The van der Waals surface area contributed by atoms with E-state index in [4.69, 9.17) is 4.99 Å². The van der Waals surface area contributed by atoms with Crippen LogP contribution in [0.1, 0.15) is 50.4 Å². The summed E-state index contributed by atoms with van der Waals surface area (Å²) in [6.07, 6.45) is 1.11. The van der Waals surface area contributed by atoms with Crippen molar-refractivity contribution in [3.63, 3.8) is 0 Å². The van der Waals surface area contributed by atoms with E-state index in [0.29, 0.717) is 5.41 Å². The van der Waals surface area contributed by atoms with Crippen LogP contribution in [0.2, 0.25) is 0 Å². The van der Waals surface area contributed by atoms with Crippen LogP contribution in [-0.4, -0.2) is 12.5 Å². The Kier molecular flexibility index (Phi) is 4.89. The van der Waals surface area contributed by atoms with Crippen molar-refractivity contribution in [3.05, 3.63) is 71.8 Å². The zero-order valence-corrected chi connectivity index (χ0v) is 14.8. The van der Waals surface area contributed by atoms with Gasteiger partial charge in [0.15, 0.2) is 5.96 Å². The Bertz CT molecular complexity index is 671. The van der Waals surface area contributed by atoms with Crippen LogP contribution in [-0.2, 0) is 0 Å². The van der Waals surface area contributed by atoms with Crippen molar-refractivity contribution < 1.29 is 0 Å². The number of hydrogen-bond acceptors (Lipinski definition) is 3. The molecule has 0 aromatic heterocycles. The van der Waals surface area contributed by atoms with Gasteiger partial charge in [0.25, 0.3) is 0 Å². The molecule has 2 N–H and O–H groups in total. The summed E-state index contributed by atoms with van der Waals surface area (Å²) in [6, 6.07) is 21.4. The highest BCUT2D eigenvalue weighted by Crippen LogP contribution is 2.35. The Morgan fingerprint density at radius 3 is 2.08 bits per heavy atom. The number of benzene rings is 2. The molecule has 0 fully saturated rings. The lowest BCUT2D eigenvalue weighted by molar-refractivity contribution is 0.377. The zero-order valence-electron chi connectivity index (χ0n) is 14.8. The molecule has 126 valence electrons. The van der Waals surface area contributed by atoms with E-state index >= 15 is 0 Å². The summed E-state index contributed by atoms with van der Waals surface area (Å²) in [5.74, 6) is 0.905. The second-order valence-corrected chi connectivity index (χ2v) is 7.60. The van der Waals surface area contributed by atoms with Gasteiger partial charge in [0.05, 0.1) is 6.04 Å². The lowest BCUT2D eigenvalue weighted by atomic mass is 9.92. The van der Waals surface area contributed by atoms with E-state index in [-0.39, 0.29) is 12.1 Å². The Hall–Kier alpha value is -2.29. The molecule has 0 aliphatic carbocycles. The van der Waals surface area contributed by atoms with Crippen LogP contribution in [0.15, 0.2) is 65.7 Å². The maximum Gasteiger partial charge on any atom is 0.192 e. The first-order valence-electron chi connectivity index (χ1n) is 8.71. The predicted molar refractivity (Wildman–Crippen MR) is 101 cm³/mol. The van der Waals surface area contributed by atoms with E-state index < -0.39 is 0 Å². The molecular weight excluding hydrogens is 294 g/mol. The van der Waals surface area contributed by atoms with E-state index in [1.165, 1.54) is 11.1 Å². The number of guanidine groups is 1. The molecule has 0 saturated heterocycles. The average molecular weight is 321 g/mol. The molecule has 1 aliphatic heterocycles. The van der Waals surface area contributed by atoms with Crippen molar-refractivity contribution in [2.75, 3.05) is 6.54 Å². The second kappa shape index (κ2) is 7.08. The third-order valence-corrected chi connectivity index (χ3v) is 4.34. The molecule has 3 rings (SSSR count). The third-order valence-electron chi connectivity index (χ3n) is 4.34. The van der Waals surface area contributed by atoms with Gasteiger partial charge in [-0.1, -0.05) is 81.4 Å². The highest BCUT2D eigenvalue weighted by molar-refractivity contribution is 5.82. The molecule has 0 amide bonds. The number of hydrogen-bond donors (Lipinski definition) is 2. The zero-order chi connectivity index (χ0) is 17.0. The van der Waals surface area contributed by atoms with Crippen molar-refractivity contribution in [1.29, 1.82) is 0 Å². The summed E-state index contributed by atoms with van der Waals surface area (Å²) >= 11 is 0. The van der Waals surface area contributed by atoms with Gasteiger partial charge in [-0.3, -0.25) is 0 Å². The van der Waals surface area contributed by atoms with Crippen LogP contribution >= 0.6 is 0 Å². The molecule has 2 aromatic carbocycles. The van der Waals surface area contributed by atoms with Crippen molar-refractivity contribution in [3.8, 4) is 0 Å². The normalized spacial score (nSPS) is 20.4. The maximum atomic E-state index is 4.93. The van der Waals surface area contributed by atoms with Crippen molar-refractivity contribution in [2.24, 2.45) is 10.4 Å². The van der Waals surface area contributed by atoms with E-state index in [9.17, 15) is 0 Å². The van der Waals surface area contributed by atoms with Gasteiger partial charge in [-0.25, -0.2) is 4.99 Å². The fraction of sp³-hybridized carbons (Fsp3) is 0.381. The number of nitrogens with one attached hydrogen (secondary N) is 2. The first-order valence-corrected chi connectivity index (χ1v) is 8.71. The van der Waals surface area contributed by atoms with Crippen molar-refractivity contribution in [2.45, 2.75) is 39.3 Å². The third kappa shape index (κ3) is 4.16. The first kappa shape index (κ1) is 16.6. The van der Waals surface area contributed by atoms with Crippen LogP contribution < -0.4 is 10.6 Å². The number of aliphatic imine (C=N–C) groups is 1. The Morgan fingerprint density at radius 1 is 0.917 bits per heavy atom. The molecule has 0 spiro atoms. The van der Waals surface area contributed by atoms with Crippen LogP contribution in [0, 0.1) is 5.41 Å². The standard InChI is InChI=1S/C21H27N3/c1-21(2,3)14-15-22-20-23-18(16-10-6-4-7-11-16)19(24-20)17-12-8-5-9-13-17/h4-13,18-19H,14-15H2,1-3H3,(H2,22,23,24)/t18-,19-/m1/s1. The molecule has 2 aromatic rings. The smallest absolute Gasteiger partial charge is 0.192 e. The number of nitrogens with zero attached hydrogens (tertiary/aromatic N) is 1. The van der Waals surface area contributed by atoms with Gasteiger partial charge in [-0.05, 0) is 23.0 Å².